The van der Waals surface area contributed by atoms with Crippen molar-refractivity contribution in [2.45, 2.75) is 63.1 Å². The number of nitrogens with one attached hydrogen (secondary N) is 1. The van der Waals surface area contributed by atoms with Crippen LogP contribution >= 0.6 is 0 Å². The Morgan fingerprint density at radius 2 is 1.91 bits per heavy atom. The van der Waals surface area contributed by atoms with Crippen LogP contribution in [0.2, 0.25) is 0 Å². The van der Waals surface area contributed by atoms with E-state index < -0.39 is 40.4 Å². The van der Waals surface area contributed by atoms with E-state index in [9.17, 15) is 23.2 Å². The minimum atomic E-state index is -1.13. The predicted molar refractivity (Wildman–Crippen MR) is 152 cm³/mol. The summed E-state index contributed by atoms with van der Waals surface area (Å²) in [6.07, 6.45) is 2.48. The summed E-state index contributed by atoms with van der Waals surface area (Å²) in [5.74, 6) is -1.88. The van der Waals surface area contributed by atoms with Crippen LogP contribution in [0.25, 0.3) is 0 Å². The largest absolute Gasteiger partial charge is 0.497 e. The van der Waals surface area contributed by atoms with Crippen molar-refractivity contribution in [3.8, 4) is 5.75 Å². The number of methoxy groups -OCH3 is 1. The molecule has 3 N–H and O–H groups in total. The Bertz CT molecular complexity index is 1660. The molecule has 2 saturated heterocycles. The molecule has 0 saturated carbocycles. The van der Waals surface area contributed by atoms with Gasteiger partial charge < -0.3 is 19.9 Å². The SMILES string of the molecule is COc1ccc(CN2C(C)(Cc3ccc(F)cc3F)NOC23CCC(C)N2CC3n3cc(C(N)=O)c(=O)cc3C2=O)cc1. The molecular weight excluding hydrogens is 560 g/mol. The standard InChI is InChI=1S/C31H33F2N5O5/c1-18-10-11-31(27-17-36(18)29(41)25-13-26(39)23(28(34)40)16-37(25)27)38(15-19-4-8-22(42-3)9-5-19)30(2,35-43-31)14-20-6-7-21(32)12-24(20)33/h4-9,12-13,16,18,27,35H,10-11,14-15,17H2,1-3H3,(H2,34,40). The van der Waals surface area contributed by atoms with E-state index in [1.807, 2.05) is 38.1 Å². The number of rotatable bonds is 6. The van der Waals surface area contributed by atoms with Crippen molar-refractivity contribution in [2.24, 2.45) is 5.73 Å². The van der Waals surface area contributed by atoms with E-state index in [0.29, 0.717) is 30.7 Å². The van der Waals surface area contributed by atoms with Crippen molar-refractivity contribution in [2.75, 3.05) is 13.7 Å². The average Bonchev–Trinajstić information content (AvgIpc) is 3.17. The van der Waals surface area contributed by atoms with Crippen molar-refractivity contribution < 1.29 is 27.9 Å². The molecule has 6 rings (SSSR count). The number of fused-ring (bicyclic) bond motifs is 5. The fourth-order valence-corrected chi connectivity index (χ4v) is 6.70. The molecule has 0 aliphatic carbocycles. The number of benzene rings is 2. The summed E-state index contributed by atoms with van der Waals surface area (Å²) in [6, 6.07) is 11.4. The summed E-state index contributed by atoms with van der Waals surface area (Å²) in [5, 5.41) is 0. The molecule has 3 aliphatic heterocycles. The Labute approximate surface area is 246 Å². The molecule has 43 heavy (non-hydrogen) atoms. The first kappa shape index (κ1) is 29.0. The zero-order valence-electron chi connectivity index (χ0n) is 24.1. The molecule has 1 spiro atoms. The molecule has 2 amide bonds. The lowest BCUT2D eigenvalue weighted by molar-refractivity contribution is -0.155. The van der Waals surface area contributed by atoms with Gasteiger partial charge in [-0.25, -0.2) is 13.7 Å². The maximum absolute atomic E-state index is 15.0. The van der Waals surface area contributed by atoms with Gasteiger partial charge in [-0.1, -0.05) is 18.2 Å². The molecule has 4 unspecified atom stereocenters. The number of primary amides is 1. The van der Waals surface area contributed by atoms with Crippen molar-refractivity contribution in [1.29, 1.82) is 0 Å². The molecule has 0 radical (unpaired) electrons. The van der Waals surface area contributed by atoms with Crippen molar-refractivity contribution >= 4 is 11.8 Å². The van der Waals surface area contributed by atoms with Crippen LogP contribution in [0.1, 0.15) is 64.7 Å². The van der Waals surface area contributed by atoms with Crippen LogP contribution < -0.4 is 21.4 Å². The van der Waals surface area contributed by atoms with Gasteiger partial charge in [-0.15, -0.1) is 0 Å². The number of aromatic nitrogens is 1. The first-order valence-corrected chi connectivity index (χ1v) is 14.1. The maximum Gasteiger partial charge on any atom is 0.270 e. The summed E-state index contributed by atoms with van der Waals surface area (Å²) in [7, 11) is 1.58. The first-order valence-electron chi connectivity index (χ1n) is 14.1. The van der Waals surface area contributed by atoms with Crippen molar-refractivity contribution in [3.05, 3.63) is 99.0 Å². The maximum atomic E-state index is 15.0. The molecule has 2 aromatic carbocycles. The van der Waals surface area contributed by atoms with E-state index in [2.05, 4.69) is 10.4 Å². The van der Waals surface area contributed by atoms with Gasteiger partial charge in [0, 0.05) is 43.9 Å². The number of hydrogen-bond donors (Lipinski definition) is 2. The van der Waals surface area contributed by atoms with Gasteiger partial charge in [0.1, 0.15) is 28.6 Å². The minimum absolute atomic E-state index is 0.117. The molecule has 226 valence electrons. The Morgan fingerprint density at radius 1 is 1.16 bits per heavy atom. The molecule has 3 aliphatic rings. The molecule has 4 heterocycles. The fraction of sp³-hybridized carbons (Fsp3) is 0.387. The monoisotopic (exact) mass is 593 g/mol. The Hall–Kier alpha value is -4.13. The lowest BCUT2D eigenvalue weighted by atomic mass is 9.90. The van der Waals surface area contributed by atoms with E-state index in [1.165, 1.54) is 18.3 Å². The first-order chi connectivity index (χ1) is 20.5. The van der Waals surface area contributed by atoms with Crippen molar-refractivity contribution in [1.82, 2.24) is 19.8 Å². The third-order valence-electron chi connectivity index (χ3n) is 9.05. The summed E-state index contributed by atoms with van der Waals surface area (Å²) in [5.41, 5.74) is 7.05. The Balaban J connectivity index is 1.52. The minimum Gasteiger partial charge on any atom is -0.497 e. The van der Waals surface area contributed by atoms with Crippen LogP contribution in [0.5, 0.6) is 5.75 Å². The van der Waals surface area contributed by atoms with Gasteiger partial charge in [0.15, 0.2) is 11.2 Å². The molecule has 12 heteroatoms. The highest BCUT2D eigenvalue weighted by atomic mass is 19.1. The highest BCUT2D eigenvalue weighted by molar-refractivity contribution is 5.96. The zero-order chi connectivity index (χ0) is 30.7. The van der Waals surface area contributed by atoms with Crippen LogP contribution in [-0.4, -0.2) is 57.3 Å². The number of nitrogens with zero attached hydrogens (tertiary/aromatic N) is 3. The number of pyridine rings is 1. The van der Waals surface area contributed by atoms with Gasteiger partial charge in [0.05, 0.1) is 18.8 Å². The van der Waals surface area contributed by atoms with Gasteiger partial charge in [-0.3, -0.25) is 19.2 Å². The van der Waals surface area contributed by atoms with Crippen LogP contribution in [0.4, 0.5) is 8.78 Å². The number of carbonyl (C=O) groups excluding carboxylic acids is 2. The average molecular weight is 594 g/mol. The van der Waals surface area contributed by atoms with Gasteiger partial charge >= 0.3 is 0 Å². The van der Waals surface area contributed by atoms with E-state index in [1.54, 1.807) is 16.6 Å². The van der Waals surface area contributed by atoms with Crippen LogP contribution in [0.3, 0.4) is 0 Å². The third kappa shape index (κ3) is 4.79. The quantitative estimate of drug-likeness (QED) is 0.451. The lowest BCUT2D eigenvalue weighted by Gasteiger charge is -2.48. The van der Waals surface area contributed by atoms with E-state index >= 15 is 0 Å². The summed E-state index contributed by atoms with van der Waals surface area (Å²) in [6.45, 7) is 4.40. The number of hydrogen-bond acceptors (Lipinski definition) is 7. The number of nitrogens with two attached hydrogens (primary N) is 1. The number of amides is 2. The number of ether oxygens (including phenoxy) is 1. The van der Waals surface area contributed by atoms with Crippen molar-refractivity contribution in [3.63, 3.8) is 0 Å². The second-order valence-corrected chi connectivity index (χ2v) is 11.7. The molecule has 2 bridgehead atoms. The van der Waals surface area contributed by atoms with Crippen LogP contribution in [-0.2, 0) is 17.8 Å². The molecule has 2 fully saturated rings. The molecule has 3 aromatic rings. The summed E-state index contributed by atoms with van der Waals surface area (Å²) >= 11 is 0. The van der Waals surface area contributed by atoms with Gasteiger partial charge in [-0.2, -0.15) is 5.48 Å². The Morgan fingerprint density at radius 3 is 2.58 bits per heavy atom. The van der Waals surface area contributed by atoms with E-state index in [0.717, 1.165) is 17.7 Å². The lowest BCUT2D eigenvalue weighted by Crippen LogP contribution is -2.61. The molecule has 1 aromatic heterocycles. The third-order valence-corrected chi connectivity index (χ3v) is 9.05. The number of carbonyl (C=O) groups is 2. The fourth-order valence-electron chi connectivity index (χ4n) is 6.70. The normalized spacial score (nSPS) is 26.8. The second-order valence-electron chi connectivity index (χ2n) is 11.7. The summed E-state index contributed by atoms with van der Waals surface area (Å²) < 4.78 is 35.8. The highest BCUT2D eigenvalue weighted by Crippen LogP contribution is 2.49. The van der Waals surface area contributed by atoms with Gasteiger partial charge in [-0.05, 0) is 56.0 Å². The van der Waals surface area contributed by atoms with Gasteiger partial charge in [0.2, 0.25) is 0 Å². The predicted octanol–water partition coefficient (Wildman–Crippen LogP) is 3.11. The zero-order valence-corrected chi connectivity index (χ0v) is 24.1. The van der Waals surface area contributed by atoms with Crippen LogP contribution in [0, 0.1) is 11.6 Å². The van der Waals surface area contributed by atoms with Crippen LogP contribution in [0.15, 0.2) is 59.5 Å². The molecule has 4 atom stereocenters. The molecular formula is C31H33F2N5O5. The smallest absolute Gasteiger partial charge is 0.270 e. The number of halogens is 2. The molecule has 10 nitrogen and oxygen atoms in total. The number of hydroxylamine groups is 1. The van der Waals surface area contributed by atoms with Gasteiger partial charge in [0.25, 0.3) is 11.8 Å². The summed E-state index contributed by atoms with van der Waals surface area (Å²) in [4.78, 5) is 49.0. The highest BCUT2D eigenvalue weighted by Gasteiger charge is 2.61. The van der Waals surface area contributed by atoms with E-state index in [-0.39, 0.29) is 36.2 Å². The Kier molecular flexibility index (Phi) is 7.10. The topological polar surface area (TPSA) is 119 Å². The van der Waals surface area contributed by atoms with E-state index in [4.69, 9.17) is 15.3 Å². The second kappa shape index (κ2) is 10.5.